The van der Waals surface area contributed by atoms with Crippen LogP contribution in [-0.2, 0) is 14.8 Å². The summed E-state index contributed by atoms with van der Waals surface area (Å²) in [4.78, 5) is 24.5. The van der Waals surface area contributed by atoms with E-state index in [1.807, 2.05) is 0 Å². The van der Waals surface area contributed by atoms with E-state index in [1.54, 1.807) is 11.4 Å². The van der Waals surface area contributed by atoms with Crippen LogP contribution < -0.4 is 20.7 Å². The molecule has 33 heavy (non-hydrogen) atoms. The van der Waals surface area contributed by atoms with Crippen LogP contribution in [-0.4, -0.2) is 65.0 Å². The van der Waals surface area contributed by atoms with E-state index in [0.717, 1.165) is 4.31 Å². The van der Waals surface area contributed by atoms with Gasteiger partial charge in [-0.15, -0.1) is 0 Å². The second-order valence-corrected chi connectivity index (χ2v) is 9.05. The molecule has 0 fully saturated rings. The highest BCUT2D eigenvalue weighted by Gasteiger charge is 2.28. The number of nitrogens with one attached hydrogen (secondary N) is 3. The first-order valence-electron chi connectivity index (χ1n) is 9.43. The third-order valence-electron chi connectivity index (χ3n) is 4.28. The van der Waals surface area contributed by atoms with E-state index >= 15 is 0 Å². The predicted molar refractivity (Wildman–Crippen MR) is 116 cm³/mol. The van der Waals surface area contributed by atoms with Crippen molar-refractivity contribution in [1.82, 2.24) is 9.62 Å². The Morgan fingerprint density at radius 2 is 1.73 bits per heavy atom. The predicted octanol–water partition coefficient (Wildman–Crippen LogP) is 2.29. The molecule has 0 saturated heterocycles. The number of methoxy groups -OCH3 is 1. The van der Waals surface area contributed by atoms with E-state index < -0.39 is 34.6 Å². The van der Waals surface area contributed by atoms with Crippen molar-refractivity contribution in [3.63, 3.8) is 0 Å². The Hall–Kier alpha value is -3.32. The average Bonchev–Trinajstić information content (AvgIpc) is 2.75. The van der Waals surface area contributed by atoms with Crippen molar-refractivity contribution in [2.45, 2.75) is 11.1 Å². The third-order valence-corrected chi connectivity index (χ3v) is 6.10. The van der Waals surface area contributed by atoms with Gasteiger partial charge in [0.05, 0.1) is 29.8 Å². The topological polar surface area (TPSA) is 117 Å². The van der Waals surface area contributed by atoms with Gasteiger partial charge in [-0.3, -0.25) is 9.59 Å². The summed E-state index contributed by atoms with van der Waals surface area (Å²) in [6.45, 7) is -1.86. The first kappa shape index (κ1) is 25.9. The van der Waals surface area contributed by atoms with E-state index in [9.17, 15) is 31.2 Å². The molecule has 0 heterocycles. The van der Waals surface area contributed by atoms with E-state index in [1.165, 1.54) is 57.6 Å². The normalized spacial score (nSPS) is 11.7. The summed E-state index contributed by atoms with van der Waals surface area (Å²) >= 11 is 0. The van der Waals surface area contributed by atoms with Crippen LogP contribution in [0.15, 0.2) is 47.4 Å². The summed E-state index contributed by atoms with van der Waals surface area (Å²) in [6, 6.07) is 9.71. The Morgan fingerprint density at radius 3 is 2.33 bits per heavy atom. The van der Waals surface area contributed by atoms with Crippen molar-refractivity contribution in [2.75, 3.05) is 44.9 Å². The fourth-order valence-corrected chi connectivity index (χ4v) is 3.57. The van der Waals surface area contributed by atoms with Crippen molar-refractivity contribution in [2.24, 2.45) is 0 Å². The van der Waals surface area contributed by atoms with Crippen molar-refractivity contribution in [3.8, 4) is 5.75 Å². The fraction of sp³-hybridized carbons (Fsp3) is 0.300. The summed E-state index contributed by atoms with van der Waals surface area (Å²) in [6.07, 6.45) is -4.56. The van der Waals surface area contributed by atoms with Crippen LogP contribution in [0.4, 0.5) is 24.5 Å². The second-order valence-electron chi connectivity index (χ2n) is 6.89. The van der Waals surface area contributed by atoms with Crippen LogP contribution in [0, 0.1) is 0 Å². The molecule has 0 aliphatic heterocycles. The first-order chi connectivity index (χ1) is 15.3. The number of hydrogen-bond acceptors (Lipinski definition) is 6. The molecule has 0 radical (unpaired) electrons. The van der Waals surface area contributed by atoms with Crippen LogP contribution >= 0.6 is 0 Å². The van der Waals surface area contributed by atoms with Gasteiger partial charge in [-0.1, -0.05) is 12.1 Å². The number of nitrogens with zero attached hydrogens (tertiary/aromatic N) is 1. The highest BCUT2D eigenvalue weighted by atomic mass is 32.2. The molecule has 0 saturated carbocycles. The zero-order valence-corrected chi connectivity index (χ0v) is 18.8. The Balaban J connectivity index is 2.13. The lowest BCUT2D eigenvalue weighted by Crippen LogP contribution is -2.34. The number of anilines is 2. The SMILES string of the molecule is COc1ccc(S(=O)(=O)N(C)C)cc1NC(=O)CNc1ccccc1C(=O)NCC(F)(F)F. The van der Waals surface area contributed by atoms with Gasteiger partial charge in [0.15, 0.2) is 0 Å². The molecule has 0 aromatic heterocycles. The number of halogens is 3. The van der Waals surface area contributed by atoms with Gasteiger partial charge in [0.2, 0.25) is 15.9 Å². The molecule has 0 aliphatic rings. The summed E-state index contributed by atoms with van der Waals surface area (Å²) in [7, 11) is 0.316. The number of amides is 2. The maximum atomic E-state index is 12.4. The number of rotatable bonds is 9. The van der Waals surface area contributed by atoms with Crippen molar-refractivity contribution in [1.29, 1.82) is 0 Å². The van der Waals surface area contributed by atoms with Crippen molar-refractivity contribution < 1.29 is 35.9 Å². The van der Waals surface area contributed by atoms with Crippen molar-refractivity contribution >= 4 is 33.2 Å². The van der Waals surface area contributed by atoms with E-state index in [-0.39, 0.29) is 34.1 Å². The number of sulfonamides is 1. The molecule has 180 valence electrons. The summed E-state index contributed by atoms with van der Waals surface area (Å²) in [5.41, 5.74) is 0.165. The summed E-state index contributed by atoms with van der Waals surface area (Å²) < 4.78 is 68.0. The minimum Gasteiger partial charge on any atom is -0.495 e. The van der Waals surface area contributed by atoms with E-state index in [2.05, 4.69) is 10.6 Å². The minimum absolute atomic E-state index is 0.0664. The quantitative estimate of drug-likeness (QED) is 0.499. The van der Waals surface area contributed by atoms with Crippen LogP contribution in [0.3, 0.4) is 0 Å². The average molecular weight is 488 g/mol. The zero-order valence-electron chi connectivity index (χ0n) is 18.0. The molecule has 3 N–H and O–H groups in total. The van der Waals surface area contributed by atoms with Gasteiger partial charge in [0.25, 0.3) is 5.91 Å². The maximum absolute atomic E-state index is 12.4. The van der Waals surface area contributed by atoms with E-state index in [4.69, 9.17) is 4.74 Å². The molecule has 0 unspecified atom stereocenters. The zero-order chi connectivity index (χ0) is 24.8. The van der Waals surface area contributed by atoms with Gasteiger partial charge in [-0.2, -0.15) is 13.2 Å². The minimum atomic E-state index is -4.56. The summed E-state index contributed by atoms with van der Waals surface area (Å²) in [5.74, 6) is -1.36. The molecule has 0 spiro atoms. The fourth-order valence-electron chi connectivity index (χ4n) is 2.64. The number of benzene rings is 2. The standard InChI is InChI=1S/C20H23F3N4O5S/c1-27(2)33(30,31)13-8-9-17(32-3)16(10-13)26-18(28)11-24-15-7-5-4-6-14(15)19(29)25-12-20(21,22)23/h4-10,24H,11-12H2,1-3H3,(H,25,29)(H,26,28). The number of carbonyl (C=O) groups is 2. The molecule has 2 aromatic rings. The Labute approximate surface area is 189 Å². The van der Waals surface area contributed by atoms with Gasteiger partial charge in [-0.25, -0.2) is 12.7 Å². The lowest BCUT2D eigenvalue weighted by Gasteiger charge is -2.16. The highest BCUT2D eigenvalue weighted by Crippen LogP contribution is 2.28. The van der Waals surface area contributed by atoms with Crippen LogP contribution in [0.5, 0.6) is 5.75 Å². The molecule has 2 amide bonds. The molecule has 0 aliphatic carbocycles. The monoisotopic (exact) mass is 488 g/mol. The summed E-state index contributed by atoms with van der Waals surface area (Å²) in [5, 5.41) is 6.98. The highest BCUT2D eigenvalue weighted by molar-refractivity contribution is 7.89. The number of para-hydroxylation sites is 1. The maximum Gasteiger partial charge on any atom is 0.405 e. The smallest absolute Gasteiger partial charge is 0.405 e. The number of alkyl halides is 3. The third kappa shape index (κ3) is 7.08. The van der Waals surface area contributed by atoms with Crippen molar-refractivity contribution in [3.05, 3.63) is 48.0 Å². The Morgan fingerprint density at radius 1 is 1.06 bits per heavy atom. The molecular weight excluding hydrogens is 465 g/mol. The molecule has 0 bridgehead atoms. The van der Waals surface area contributed by atoms with Gasteiger partial charge < -0.3 is 20.7 Å². The van der Waals surface area contributed by atoms with Gasteiger partial charge in [0, 0.05) is 19.8 Å². The number of carbonyl (C=O) groups excluding carboxylic acids is 2. The lowest BCUT2D eigenvalue weighted by atomic mass is 10.1. The number of ether oxygens (including phenoxy) is 1. The van der Waals surface area contributed by atoms with Crippen LogP contribution in [0.1, 0.15) is 10.4 Å². The molecule has 2 rings (SSSR count). The second kappa shape index (κ2) is 10.5. The Bertz CT molecular complexity index is 1120. The molecule has 0 atom stereocenters. The van der Waals surface area contributed by atoms with Gasteiger partial charge in [0.1, 0.15) is 12.3 Å². The molecule has 2 aromatic carbocycles. The van der Waals surface area contributed by atoms with Gasteiger partial charge in [-0.05, 0) is 30.3 Å². The number of hydrogen-bond donors (Lipinski definition) is 3. The lowest BCUT2D eigenvalue weighted by molar-refractivity contribution is -0.123. The van der Waals surface area contributed by atoms with Crippen LogP contribution in [0.25, 0.3) is 0 Å². The van der Waals surface area contributed by atoms with Gasteiger partial charge >= 0.3 is 6.18 Å². The largest absolute Gasteiger partial charge is 0.495 e. The molecular formula is C20H23F3N4O5S. The molecule has 13 heteroatoms. The van der Waals surface area contributed by atoms with E-state index in [0.29, 0.717) is 0 Å². The van der Waals surface area contributed by atoms with Crippen LogP contribution in [0.2, 0.25) is 0 Å². The first-order valence-corrected chi connectivity index (χ1v) is 10.9. The Kier molecular flexibility index (Phi) is 8.28. The molecule has 9 nitrogen and oxygen atoms in total.